The van der Waals surface area contributed by atoms with Crippen molar-refractivity contribution in [1.29, 1.82) is 0 Å². The van der Waals surface area contributed by atoms with Crippen LogP contribution in [0.1, 0.15) is 35.6 Å². The smallest absolute Gasteiger partial charge is 0.264 e. The van der Waals surface area contributed by atoms with Crippen LogP contribution in [0.25, 0.3) is 0 Å². The van der Waals surface area contributed by atoms with Gasteiger partial charge in [0.1, 0.15) is 12.6 Å². The maximum absolute atomic E-state index is 13.9. The number of nitrogens with one attached hydrogen (secondary N) is 1. The molecule has 0 aromatic heterocycles. The van der Waals surface area contributed by atoms with Gasteiger partial charge in [0.2, 0.25) is 11.8 Å². The summed E-state index contributed by atoms with van der Waals surface area (Å²) in [5.41, 5.74) is 4.07. The number of sulfonamides is 1. The molecule has 37 heavy (non-hydrogen) atoms. The molecule has 8 heteroatoms. The molecule has 0 saturated heterocycles. The topological polar surface area (TPSA) is 86.8 Å². The standard InChI is InChI=1S/C29H35N3O4S/c1-6-27(29(34)30-5)31(19-24-11-7-9-22(3)17-24)28(33)20-32(25-12-8-10-23(4)18-25)37(35,36)26-15-13-21(2)14-16-26/h7-18,27H,6,19-20H2,1-5H3,(H,30,34). The lowest BCUT2D eigenvalue weighted by molar-refractivity contribution is -0.140. The Hall–Kier alpha value is -3.65. The summed E-state index contributed by atoms with van der Waals surface area (Å²) in [5, 5.41) is 2.64. The molecule has 0 aliphatic carbocycles. The molecule has 1 N–H and O–H groups in total. The average Bonchev–Trinajstić information content (AvgIpc) is 2.87. The minimum absolute atomic E-state index is 0.0935. The van der Waals surface area contributed by atoms with E-state index in [1.54, 1.807) is 42.5 Å². The van der Waals surface area contributed by atoms with Gasteiger partial charge >= 0.3 is 0 Å². The Labute approximate surface area is 220 Å². The lowest BCUT2D eigenvalue weighted by Gasteiger charge is -2.33. The first-order valence-corrected chi connectivity index (χ1v) is 13.7. The second kappa shape index (κ2) is 12.1. The number of likely N-dealkylation sites (N-methyl/N-ethyl adjacent to an activating group) is 1. The lowest BCUT2D eigenvalue weighted by atomic mass is 10.1. The van der Waals surface area contributed by atoms with Gasteiger partial charge in [0.15, 0.2) is 0 Å². The number of amides is 2. The van der Waals surface area contributed by atoms with Gasteiger partial charge in [0, 0.05) is 13.6 Å². The predicted octanol–water partition coefficient (Wildman–Crippen LogP) is 4.36. The molecule has 0 aliphatic rings. The molecule has 0 radical (unpaired) electrons. The van der Waals surface area contributed by atoms with Crippen LogP contribution in [0.5, 0.6) is 0 Å². The number of hydrogen-bond donors (Lipinski definition) is 1. The molecule has 3 aromatic rings. The molecule has 0 aliphatic heterocycles. The van der Waals surface area contributed by atoms with E-state index in [1.807, 2.05) is 58.0 Å². The van der Waals surface area contributed by atoms with Crippen LogP contribution in [0.15, 0.2) is 77.7 Å². The molecule has 1 atom stereocenters. The Morgan fingerprint density at radius 1 is 0.865 bits per heavy atom. The molecule has 2 amide bonds. The van der Waals surface area contributed by atoms with Crippen LogP contribution in [-0.2, 0) is 26.2 Å². The zero-order chi connectivity index (χ0) is 27.2. The summed E-state index contributed by atoms with van der Waals surface area (Å²) in [7, 11) is -2.54. The normalized spacial score (nSPS) is 12.0. The van der Waals surface area contributed by atoms with Gasteiger partial charge in [-0.2, -0.15) is 0 Å². The van der Waals surface area contributed by atoms with Crippen LogP contribution in [0.4, 0.5) is 5.69 Å². The molecule has 3 aromatic carbocycles. The van der Waals surface area contributed by atoms with Gasteiger partial charge in [0.25, 0.3) is 10.0 Å². The van der Waals surface area contributed by atoms with E-state index in [-0.39, 0.29) is 17.3 Å². The van der Waals surface area contributed by atoms with Crippen molar-refractivity contribution in [1.82, 2.24) is 10.2 Å². The van der Waals surface area contributed by atoms with Crippen LogP contribution in [0.2, 0.25) is 0 Å². The third kappa shape index (κ3) is 6.77. The van der Waals surface area contributed by atoms with E-state index in [0.717, 1.165) is 26.6 Å². The summed E-state index contributed by atoms with van der Waals surface area (Å²) in [4.78, 5) is 28.2. The van der Waals surface area contributed by atoms with Crippen LogP contribution in [0, 0.1) is 20.8 Å². The highest BCUT2D eigenvalue weighted by Gasteiger charge is 2.33. The first-order chi connectivity index (χ1) is 17.6. The predicted molar refractivity (Wildman–Crippen MR) is 147 cm³/mol. The second-order valence-electron chi connectivity index (χ2n) is 9.21. The molecule has 1 unspecified atom stereocenters. The molecule has 0 spiro atoms. The third-order valence-corrected chi connectivity index (χ3v) is 8.03. The number of carbonyl (C=O) groups excluding carboxylic acids is 2. The Balaban J connectivity index is 2.06. The van der Waals surface area contributed by atoms with Gasteiger partial charge in [-0.3, -0.25) is 13.9 Å². The number of rotatable bonds is 10. The van der Waals surface area contributed by atoms with Gasteiger partial charge in [-0.25, -0.2) is 8.42 Å². The highest BCUT2D eigenvalue weighted by molar-refractivity contribution is 7.92. The Bertz CT molecular complexity index is 1350. The van der Waals surface area contributed by atoms with Crippen LogP contribution in [-0.4, -0.2) is 44.8 Å². The Kier molecular flexibility index (Phi) is 9.10. The maximum Gasteiger partial charge on any atom is 0.264 e. The van der Waals surface area contributed by atoms with E-state index in [2.05, 4.69) is 5.32 Å². The quantitative estimate of drug-likeness (QED) is 0.430. The molecule has 0 saturated carbocycles. The molecule has 3 rings (SSSR count). The molecular formula is C29H35N3O4S. The first-order valence-electron chi connectivity index (χ1n) is 12.3. The zero-order valence-electron chi connectivity index (χ0n) is 22.1. The van der Waals surface area contributed by atoms with E-state index in [1.165, 1.54) is 11.9 Å². The number of nitrogens with zero attached hydrogens (tertiary/aromatic N) is 2. The summed E-state index contributed by atoms with van der Waals surface area (Å²) >= 11 is 0. The molecule has 196 valence electrons. The van der Waals surface area contributed by atoms with Crippen molar-refractivity contribution in [3.63, 3.8) is 0 Å². The number of aryl methyl sites for hydroxylation is 3. The highest BCUT2D eigenvalue weighted by atomic mass is 32.2. The number of carbonyl (C=O) groups is 2. The van der Waals surface area contributed by atoms with Crippen molar-refractivity contribution in [3.8, 4) is 0 Å². The van der Waals surface area contributed by atoms with Crippen LogP contribution >= 0.6 is 0 Å². The summed E-state index contributed by atoms with van der Waals surface area (Å²) < 4.78 is 28.8. The van der Waals surface area contributed by atoms with Gasteiger partial charge in [-0.05, 0) is 62.6 Å². The number of anilines is 1. The highest BCUT2D eigenvalue weighted by Crippen LogP contribution is 2.26. The molecule has 7 nitrogen and oxygen atoms in total. The van der Waals surface area contributed by atoms with Gasteiger partial charge in [-0.1, -0.05) is 66.6 Å². The van der Waals surface area contributed by atoms with Crippen LogP contribution in [0.3, 0.4) is 0 Å². The number of benzene rings is 3. The van der Waals surface area contributed by atoms with Crippen LogP contribution < -0.4 is 9.62 Å². The van der Waals surface area contributed by atoms with Crippen molar-refractivity contribution in [2.45, 2.75) is 51.6 Å². The van der Waals surface area contributed by atoms with Gasteiger partial charge in [0.05, 0.1) is 10.6 Å². The van der Waals surface area contributed by atoms with Crippen molar-refractivity contribution in [2.75, 3.05) is 17.9 Å². The molecule has 0 heterocycles. The van der Waals surface area contributed by atoms with Crippen molar-refractivity contribution in [3.05, 3.63) is 95.1 Å². The largest absolute Gasteiger partial charge is 0.357 e. The fourth-order valence-corrected chi connectivity index (χ4v) is 5.65. The van der Waals surface area contributed by atoms with E-state index >= 15 is 0 Å². The average molecular weight is 522 g/mol. The molecule has 0 fully saturated rings. The lowest BCUT2D eigenvalue weighted by Crippen LogP contribution is -2.51. The van der Waals surface area contributed by atoms with Crippen molar-refractivity contribution >= 4 is 27.5 Å². The fourth-order valence-electron chi connectivity index (χ4n) is 4.24. The van der Waals surface area contributed by atoms with Gasteiger partial charge in [-0.15, -0.1) is 0 Å². The molecular weight excluding hydrogens is 486 g/mol. The monoisotopic (exact) mass is 521 g/mol. The van der Waals surface area contributed by atoms with Gasteiger partial charge < -0.3 is 10.2 Å². The van der Waals surface area contributed by atoms with E-state index in [4.69, 9.17) is 0 Å². The fraction of sp³-hybridized carbons (Fsp3) is 0.310. The minimum atomic E-state index is -4.07. The molecule has 0 bridgehead atoms. The summed E-state index contributed by atoms with van der Waals surface area (Å²) in [6.45, 7) is 7.27. The summed E-state index contributed by atoms with van der Waals surface area (Å²) in [5.74, 6) is -0.763. The SMILES string of the molecule is CCC(C(=O)NC)N(Cc1cccc(C)c1)C(=O)CN(c1cccc(C)c1)S(=O)(=O)c1ccc(C)cc1. The van der Waals surface area contributed by atoms with E-state index in [9.17, 15) is 18.0 Å². The Morgan fingerprint density at radius 2 is 1.49 bits per heavy atom. The zero-order valence-corrected chi connectivity index (χ0v) is 22.9. The maximum atomic E-state index is 13.9. The minimum Gasteiger partial charge on any atom is -0.357 e. The number of hydrogen-bond acceptors (Lipinski definition) is 4. The van der Waals surface area contributed by atoms with E-state index in [0.29, 0.717) is 12.1 Å². The van der Waals surface area contributed by atoms with Crippen molar-refractivity contribution in [2.24, 2.45) is 0 Å². The van der Waals surface area contributed by atoms with E-state index < -0.39 is 28.5 Å². The third-order valence-electron chi connectivity index (χ3n) is 6.25. The summed E-state index contributed by atoms with van der Waals surface area (Å²) in [6, 6.07) is 20.5. The Morgan fingerprint density at radius 3 is 2.05 bits per heavy atom. The first kappa shape index (κ1) is 27.9. The van der Waals surface area contributed by atoms with Crippen molar-refractivity contribution < 1.29 is 18.0 Å². The second-order valence-corrected chi connectivity index (χ2v) is 11.1. The summed E-state index contributed by atoms with van der Waals surface area (Å²) in [6.07, 6.45) is 0.381.